The summed E-state index contributed by atoms with van der Waals surface area (Å²) in [6.07, 6.45) is 0.429. The largest absolute Gasteiger partial charge is 0.376 e. The lowest BCUT2D eigenvalue weighted by Crippen LogP contribution is -2.40. The van der Waals surface area contributed by atoms with E-state index in [1.807, 2.05) is 39.0 Å². The number of carbonyl (C=O) groups is 1. The van der Waals surface area contributed by atoms with Crippen molar-refractivity contribution in [1.82, 2.24) is 16.0 Å². The van der Waals surface area contributed by atoms with E-state index in [0.29, 0.717) is 38.6 Å². The van der Waals surface area contributed by atoms with E-state index in [1.165, 1.54) is 5.56 Å². The molecule has 1 unspecified atom stereocenters. The summed E-state index contributed by atoms with van der Waals surface area (Å²) < 4.78 is 5.76. The molecule has 0 aliphatic rings. The van der Waals surface area contributed by atoms with Crippen LogP contribution in [0.25, 0.3) is 0 Å². The molecule has 0 saturated carbocycles. The fourth-order valence-electron chi connectivity index (χ4n) is 2.28. The first-order valence-electron chi connectivity index (χ1n) is 9.44. The minimum absolute atomic E-state index is 0.0472. The lowest BCUT2D eigenvalue weighted by molar-refractivity contribution is -0.121. The van der Waals surface area contributed by atoms with Crippen molar-refractivity contribution >= 4 is 11.9 Å². The topological polar surface area (TPSA) is 74.8 Å². The van der Waals surface area contributed by atoms with Gasteiger partial charge in [0.15, 0.2) is 5.96 Å². The first-order chi connectivity index (χ1) is 12.5. The molecule has 0 aliphatic carbocycles. The number of aliphatic imine (C=N–C) groups is 1. The molecular weight excluding hydrogens is 328 g/mol. The van der Waals surface area contributed by atoms with Gasteiger partial charge < -0.3 is 20.7 Å². The number of carbonyl (C=O) groups excluding carboxylic acids is 1. The smallest absolute Gasteiger partial charge is 0.221 e. The minimum atomic E-state index is 0.0472. The van der Waals surface area contributed by atoms with Gasteiger partial charge in [-0.15, -0.1) is 0 Å². The molecule has 3 N–H and O–H groups in total. The van der Waals surface area contributed by atoms with Crippen molar-refractivity contribution in [3.05, 3.63) is 35.9 Å². The van der Waals surface area contributed by atoms with Crippen molar-refractivity contribution in [2.24, 2.45) is 10.9 Å². The third-order valence-electron chi connectivity index (χ3n) is 3.51. The van der Waals surface area contributed by atoms with Crippen LogP contribution in [-0.2, 0) is 16.1 Å². The van der Waals surface area contributed by atoms with E-state index in [0.717, 1.165) is 12.5 Å². The summed E-state index contributed by atoms with van der Waals surface area (Å²) in [6.45, 7) is 11.3. The highest BCUT2D eigenvalue weighted by molar-refractivity contribution is 5.81. The quantitative estimate of drug-likeness (QED) is 0.417. The van der Waals surface area contributed by atoms with Crippen molar-refractivity contribution in [3.63, 3.8) is 0 Å². The fraction of sp³-hybridized carbons (Fsp3) is 0.600. The van der Waals surface area contributed by atoms with E-state index in [2.05, 4.69) is 40.0 Å². The van der Waals surface area contributed by atoms with Crippen LogP contribution in [0.1, 0.15) is 39.7 Å². The number of guanidine groups is 1. The molecule has 146 valence electrons. The van der Waals surface area contributed by atoms with Crippen molar-refractivity contribution < 1.29 is 9.53 Å². The molecular formula is C20H34N4O2. The maximum atomic E-state index is 11.7. The van der Waals surface area contributed by atoms with Crippen LogP contribution in [0.3, 0.4) is 0 Å². The van der Waals surface area contributed by atoms with E-state index in [1.54, 1.807) is 0 Å². The van der Waals surface area contributed by atoms with E-state index in [9.17, 15) is 4.79 Å². The molecule has 0 heterocycles. The number of amides is 1. The molecule has 0 radical (unpaired) electrons. The van der Waals surface area contributed by atoms with Crippen LogP contribution in [-0.4, -0.2) is 44.1 Å². The standard InChI is InChI=1S/C20H34N4O2/c1-5-21-20(22-12-11-19(25)24-16(2)3)23-13-17(4)14-26-15-18-9-7-6-8-10-18/h6-10,16-17H,5,11-15H2,1-4H3,(H,24,25)(H2,21,22,23). The van der Waals surface area contributed by atoms with Crippen molar-refractivity contribution in [2.75, 3.05) is 26.2 Å². The monoisotopic (exact) mass is 362 g/mol. The summed E-state index contributed by atoms with van der Waals surface area (Å²) in [7, 11) is 0. The van der Waals surface area contributed by atoms with E-state index < -0.39 is 0 Å². The van der Waals surface area contributed by atoms with Gasteiger partial charge in [-0.3, -0.25) is 9.79 Å². The summed E-state index contributed by atoms with van der Waals surface area (Å²) in [4.78, 5) is 16.2. The van der Waals surface area contributed by atoms with Gasteiger partial charge in [0.25, 0.3) is 0 Å². The highest BCUT2D eigenvalue weighted by Crippen LogP contribution is 2.03. The lowest BCUT2D eigenvalue weighted by Gasteiger charge is -2.14. The van der Waals surface area contributed by atoms with Crippen LogP contribution in [0, 0.1) is 5.92 Å². The molecule has 6 nitrogen and oxygen atoms in total. The van der Waals surface area contributed by atoms with Crippen LogP contribution < -0.4 is 16.0 Å². The Bertz CT molecular complexity index is 532. The summed E-state index contributed by atoms with van der Waals surface area (Å²) in [5.74, 6) is 1.10. The molecule has 0 aliphatic heterocycles. The molecule has 1 aromatic rings. The van der Waals surface area contributed by atoms with Gasteiger partial charge in [0, 0.05) is 32.1 Å². The molecule has 26 heavy (non-hydrogen) atoms. The van der Waals surface area contributed by atoms with Gasteiger partial charge in [-0.25, -0.2) is 0 Å². The van der Waals surface area contributed by atoms with Crippen LogP contribution in [0.15, 0.2) is 35.3 Å². The molecule has 0 aromatic heterocycles. The maximum Gasteiger partial charge on any atom is 0.221 e. The van der Waals surface area contributed by atoms with Crippen LogP contribution >= 0.6 is 0 Å². The number of nitrogens with zero attached hydrogens (tertiary/aromatic N) is 1. The van der Waals surface area contributed by atoms with Crippen LogP contribution in [0.4, 0.5) is 0 Å². The summed E-state index contributed by atoms with van der Waals surface area (Å²) in [5.41, 5.74) is 1.18. The second-order valence-corrected chi connectivity index (χ2v) is 6.72. The average molecular weight is 363 g/mol. The number of hydrogen-bond donors (Lipinski definition) is 3. The molecule has 0 spiro atoms. The van der Waals surface area contributed by atoms with Gasteiger partial charge >= 0.3 is 0 Å². The highest BCUT2D eigenvalue weighted by atomic mass is 16.5. The zero-order chi connectivity index (χ0) is 19.2. The number of hydrogen-bond acceptors (Lipinski definition) is 3. The molecule has 1 rings (SSSR count). The normalized spacial score (nSPS) is 12.7. The predicted molar refractivity (Wildman–Crippen MR) is 107 cm³/mol. The predicted octanol–water partition coefficient (Wildman–Crippen LogP) is 2.31. The Morgan fingerprint density at radius 2 is 1.88 bits per heavy atom. The van der Waals surface area contributed by atoms with Crippen molar-refractivity contribution in [3.8, 4) is 0 Å². The summed E-state index contributed by atoms with van der Waals surface area (Å²) in [5, 5.41) is 9.28. The second kappa shape index (κ2) is 13.2. The SMILES string of the molecule is CCNC(=NCC(C)COCc1ccccc1)NCCC(=O)NC(C)C. The molecule has 1 atom stereocenters. The Balaban J connectivity index is 2.29. The first-order valence-corrected chi connectivity index (χ1v) is 9.44. The van der Waals surface area contributed by atoms with Crippen molar-refractivity contribution in [2.45, 2.75) is 46.8 Å². The molecule has 1 aromatic carbocycles. The fourth-order valence-corrected chi connectivity index (χ4v) is 2.28. The van der Waals surface area contributed by atoms with Gasteiger partial charge in [0.1, 0.15) is 0 Å². The van der Waals surface area contributed by atoms with Gasteiger partial charge in [-0.2, -0.15) is 0 Å². The van der Waals surface area contributed by atoms with Gasteiger partial charge in [-0.1, -0.05) is 37.3 Å². The number of benzene rings is 1. The molecule has 0 saturated heterocycles. The summed E-state index contributed by atoms with van der Waals surface area (Å²) >= 11 is 0. The Hall–Kier alpha value is -2.08. The Labute approximate surface area is 157 Å². The van der Waals surface area contributed by atoms with Gasteiger partial charge in [-0.05, 0) is 32.3 Å². The Morgan fingerprint density at radius 3 is 2.54 bits per heavy atom. The highest BCUT2D eigenvalue weighted by Gasteiger charge is 2.06. The molecule has 1 amide bonds. The third-order valence-corrected chi connectivity index (χ3v) is 3.51. The molecule has 0 fully saturated rings. The lowest BCUT2D eigenvalue weighted by atomic mass is 10.2. The van der Waals surface area contributed by atoms with E-state index >= 15 is 0 Å². The first kappa shape index (κ1) is 22.0. The van der Waals surface area contributed by atoms with Crippen LogP contribution in [0.5, 0.6) is 0 Å². The van der Waals surface area contributed by atoms with E-state index in [4.69, 9.17) is 4.74 Å². The number of ether oxygens (including phenoxy) is 1. The van der Waals surface area contributed by atoms with Crippen molar-refractivity contribution in [1.29, 1.82) is 0 Å². The molecule has 6 heteroatoms. The Morgan fingerprint density at radius 1 is 1.15 bits per heavy atom. The zero-order valence-electron chi connectivity index (χ0n) is 16.5. The third kappa shape index (κ3) is 10.7. The number of nitrogens with one attached hydrogen (secondary N) is 3. The summed E-state index contributed by atoms with van der Waals surface area (Å²) in [6, 6.07) is 10.3. The minimum Gasteiger partial charge on any atom is -0.376 e. The van der Waals surface area contributed by atoms with E-state index in [-0.39, 0.29) is 11.9 Å². The molecule has 0 bridgehead atoms. The average Bonchev–Trinajstić information content (AvgIpc) is 2.60. The number of rotatable bonds is 11. The zero-order valence-corrected chi connectivity index (χ0v) is 16.5. The van der Waals surface area contributed by atoms with Crippen LogP contribution in [0.2, 0.25) is 0 Å². The maximum absolute atomic E-state index is 11.7. The van der Waals surface area contributed by atoms with Gasteiger partial charge in [0.2, 0.25) is 5.91 Å². The van der Waals surface area contributed by atoms with Gasteiger partial charge in [0.05, 0.1) is 13.2 Å². The second-order valence-electron chi connectivity index (χ2n) is 6.72. The Kier molecular flexibility index (Phi) is 11.1.